The molecule has 3 N–H and O–H groups in total. The summed E-state index contributed by atoms with van der Waals surface area (Å²) in [6.07, 6.45) is 6.94. The lowest BCUT2D eigenvalue weighted by molar-refractivity contribution is -0.122. The number of sulfonamides is 1. The zero-order valence-corrected chi connectivity index (χ0v) is 13.4. The number of carbonyl (C=O) groups excluding carboxylic acids is 1. The molecule has 3 unspecified atom stereocenters. The average Bonchev–Trinajstić information content (AvgIpc) is 2.77. The highest BCUT2D eigenvalue weighted by atomic mass is 35.5. The molecular formula is C12H24ClN3O3S. The summed E-state index contributed by atoms with van der Waals surface area (Å²) in [5, 5.41) is 6.18. The number of carbonyl (C=O) groups is 1. The quantitative estimate of drug-likeness (QED) is 0.621. The highest BCUT2D eigenvalue weighted by Gasteiger charge is 2.37. The zero-order valence-electron chi connectivity index (χ0n) is 11.7. The minimum atomic E-state index is -3.18. The Balaban J connectivity index is 0.00000200. The lowest BCUT2D eigenvalue weighted by atomic mass is 9.85. The van der Waals surface area contributed by atoms with Crippen LogP contribution in [-0.4, -0.2) is 45.8 Å². The molecule has 0 aromatic heterocycles. The van der Waals surface area contributed by atoms with Crippen LogP contribution in [0.15, 0.2) is 0 Å². The van der Waals surface area contributed by atoms with E-state index in [-0.39, 0.29) is 30.9 Å². The van der Waals surface area contributed by atoms with E-state index in [4.69, 9.17) is 0 Å². The second-order valence-electron chi connectivity index (χ2n) is 5.56. The normalized spacial score (nSPS) is 29.4. The van der Waals surface area contributed by atoms with Gasteiger partial charge in [-0.3, -0.25) is 4.79 Å². The maximum atomic E-state index is 12.0. The van der Waals surface area contributed by atoms with Crippen LogP contribution in [0, 0.1) is 5.92 Å². The van der Waals surface area contributed by atoms with E-state index in [0.29, 0.717) is 18.5 Å². The molecular weight excluding hydrogens is 302 g/mol. The topological polar surface area (TPSA) is 87.3 Å². The van der Waals surface area contributed by atoms with E-state index in [1.54, 1.807) is 0 Å². The fourth-order valence-corrected chi connectivity index (χ4v) is 3.54. The lowest BCUT2D eigenvalue weighted by Crippen LogP contribution is -2.45. The van der Waals surface area contributed by atoms with Crippen molar-refractivity contribution in [3.63, 3.8) is 0 Å². The van der Waals surface area contributed by atoms with Gasteiger partial charge in [-0.05, 0) is 25.2 Å². The van der Waals surface area contributed by atoms with Crippen LogP contribution in [0.2, 0.25) is 0 Å². The molecule has 0 spiro atoms. The Morgan fingerprint density at radius 2 is 1.95 bits per heavy atom. The predicted octanol–water partition coefficient (Wildman–Crippen LogP) is -0.00570. The van der Waals surface area contributed by atoms with E-state index in [1.807, 2.05) is 0 Å². The number of hydrogen-bond donors (Lipinski definition) is 3. The van der Waals surface area contributed by atoms with E-state index < -0.39 is 10.0 Å². The number of amides is 1. The third-order valence-corrected chi connectivity index (χ3v) is 4.70. The molecule has 3 atom stereocenters. The molecule has 0 bridgehead atoms. The van der Waals surface area contributed by atoms with E-state index in [1.165, 1.54) is 25.7 Å². The molecule has 0 aromatic rings. The Hall–Kier alpha value is -0.370. The second-order valence-corrected chi connectivity index (χ2v) is 7.40. The van der Waals surface area contributed by atoms with Crippen molar-refractivity contribution in [1.82, 2.24) is 15.4 Å². The van der Waals surface area contributed by atoms with Gasteiger partial charge in [-0.1, -0.05) is 12.8 Å². The summed E-state index contributed by atoms with van der Waals surface area (Å²) in [7, 11) is -3.18. The Bertz CT molecular complexity index is 416. The van der Waals surface area contributed by atoms with Crippen molar-refractivity contribution in [2.45, 2.75) is 44.2 Å². The molecule has 2 rings (SSSR count). The third-order valence-electron chi connectivity index (χ3n) is 3.97. The van der Waals surface area contributed by atoms with Crippen molar-refractivity contribution in [3.8, 4) is 0 Å². The van der Waals surface area contributed by atoms with Crippen molar-refractivity contribution in [2.24, 2.45) is 5.92 Å². The molecule has 118 valence electrons. The number of halogens is 1. The molecule has 1 saturated carbocycles. The number of rotatable bonds is 5. The SMILES string of the molecule is CS(=O)(=O)NCCNC(=O)C1CC2CCCCC2N1.Cl. The van der Waals surface area contributed by atoms with Gasteiger partial charge in [0, 0.05) is 19.1 Å². The van der Waals surface area contributed by atoms with Gasteiger partial charge in [-0.25, -0.2) is 13.1 Å². The summed E-state index contributed by atoms with van der Waals surface area (Å²) in [6, 6.07) is 0.393. The second kappa shape index (κ2) is 7.59. The molecule has 20 heavy (non-hydrogen) atoms. The summed E-state index contributed by atoms with van der Waals surface area (Å²) >= 11 is 0. The van der Waals surface area contributed by atoms with Crippen molar-refractivity contribution in [2.75, 3.05) is 19.3 Å². The fraction of sp³-hybridized carbons (Fsp3) is 0.917. The van der Waals surface area contributed by atoms with Crippen LogP contribution in [0.1, 0.15) is 32.1 Å². The molecule has 2 aliphatic rings. The van der Waals surface area contributed by atoms with Gasteiger partial charge >= 0.3 is 0 Å². The summed E-state index contributed by atoms with van der Waals surface area (Å²) in [4.78, 5) is 12.0. The van der Waals surface area contributed by atoms with Gasteiger partial charge in [-0.15, -0.1) is 12.4 Å². The molecule has 1 aliphatic carbocycles. The van der Waals surface area contributed by atoms with Gasteiger partial charge in [0.15, 0.2) is 0 Å². The van der Waals surface area contributed by atoms with Crippen molar-refractivity contribution >= 4 is 28.3 Å². The minimum Gasteiger partial charge on any atom is -0.353 e. The molecule has 0 radical (unpaired) electrons. The van der Waals surface area contributed by atoms with Crippen molar-refractivity contribution < 1.29 is 13.2 Å². The van der Waals surface area contributed by atoms with Gasteiger partial charge < -0.3 is 10.6 Å². The Labute approximate surface area is 126 Å². The largest absolute Gasteiger partial charge is 0.353 e. The van der Waals surface area contributed by atoms with Crippen LogP contribution < -0.4 is 15.4 Å². The first kappa shape index (κ1) is 17.7. The monoisotopic (exact) mass is 325 g/mol. The van der Waals surface area contributed by atoms with Crippen molar-refractivity contribution in [1.29, 1.82) is 0 Å². The number of fused-ring (bicyclic) bond motifs is 1. The highest BCUT2D eigenvalue weighted by Crippen LogP contribution is 2.33. The van der Waals surface area contributed by atoms with Crippen LogP contribution in [0.25, 0.3) is 0 Å². The van der Waals surface area contributed by atoms with Crippen LogP contribution in [-0.2, 0) is 14.8 Å². The molecule has 6 nitrogen and oxygen atoms in total. The molecule has 1 amide bonds. The van der Waals surface area contributed by atoms with Crippen molar-refractivity contribution in [3.05, 3.63) is 0 Å². The third kappa shape index (κ3) is 5.20. The van der Waals surface area contributed by atoms with E-state index in [2.05, 4.69) is 15.4 Å². The molecule has 0 aromatic carbocycles. The fourth-order valence-electron chi connectivity index (χ4n) is 3.07. The molecule has 1 saturated heterocycles. The van der Waals surface area contributed by atoms with Gasteiger partial charge in [0.1, 0.15) is 0 Å². The van der Waals surface area contributed by atoms with E-state index in [0.717, 1.165) is 12.7 Å². The maximum absolute atomic E-state index is 12.0. The first-order valence-electron chi connectivity index (χ1n) is 6.94. The van der Waals surface area contributed by atoms with Crippen LogP contribution in [0.4, 0.5) is 0 Å². The van der Waals surface area contributed by atoms with Gasteiger partial charge in [-0.2, -0.15) is 0 Å². The summed E-state index contributed by atoms with van der Waals surface area (Å²) in [5.41, 5.74) is 0. The average molecular weight is 326 g/mol. The van der Waals surface area contributed by atoms with E-state index >= 15 is 0 Å². The Kier molecular flexibility index (Phi) is 6.71. The Morgan fingerprint density at radius 3 is 2.60 bits per heavy atom. The van der Waals surface area contributed by atoms with Crippen LogP contribution in [0.3, 0.4) is 0 Å². The maximum Gasteiger partial charge on any atom is 0.237 e. The first-order chi connectivity index (χ1) is 8.96. The molecule has 1 aliphatic heterocycles. The molecule has 8 heteroatoms. The van der Waals surface area contributed by atoms with Gasteiger partial charge in [0.05, 0.1) is 12.3 Å². The lowest BCUT2D eigenvalue weighted by Gasteiger charge is -2.24. The smallest absolute Gasteiger partial charge is 0.237 e. The summed E-state index contributed by atoms with van der Waals surface area (Å²) in [6.45, 7) is 0.573. The van der Waals surface area contributed by atoms with E-state index in [9.17, 15) is 13.2 Å². The summed E-state index contributed by atoms with van der Waals surface area (Å²) in [5.74, 6) is 0.628. The van der Waals surface area contributed by atoms with Crippen LogP contribution in [0.5, 0.6) is 0 Å². The molecule has 2 fully saturated rings. The highest BCUT2D eigenvalue weighted by molar-refractivity contribution is 7.88. The first-order valence-corrected chi connectivity index (χ1v) is 8.83. The number of nitrogens with one attached hydrogen (secondary N) is 3. The summed E-state index contributed by atoms with van der Waals surface area (Å²) < 4.78 is 24.1. The van der Waals surface area contributed by atoms with Gasteiger partial charge in [0.25, 0.3) is 0 Å². The predicted molar refractivity (Wildman–Crippen MR) is 80.4 cm³/mol. The Morgan fingerprint density at radius 1 is 1.25 bits per heavy atom. The van der Waals surface area contributed by atoms with Crippen LogP contribution >= 0.6 is 12.4 Å². The zero-order chi connectivity index (χ0) is 13.9. The minimum absolute atomic E-state index is 0. The van der Waals surface area contributed by atoms with Gasteiger partial charge in [0.2, 0.25) is 15.9 Å². The standard InChI is InChI=1S/C12H23N3O3S.ClH/c1-19(17,18)14-7-6-13-12(16)11-8-9-4-2-3-5-10(9)15-11;/h9-11,14-15H,2-8H2,1H3,(H,13,16);1H. The molecule has 1 heterocycles. The number of hydrogen-bond acceptors (Lipinski definition) is 4.